The fourth-order valence-electron chi connectivity index (χ4n) is 1.41. The zero-order chi connectivity index (χ0) is 14.0. The molecular weight excluding hydrogens is 289 g/mol. The summed E-state index contributed by atoms with van der Waals surface area (Å²) in [5.74, 6) is 0.603. The number of hydrogen-bond acceptors (Lipinski definition) is 3. The van der Waals surface area contributed by atoms with Gasteiger partial charge in [0, 0.05) is 30.2 Å². The van der Waals surface area contributed by atoms with Crippen molar-refractivity contribution in [2.24, 2.45) is 0 Å². The van der Waals surface area contributed by atoms with Gasteiger partial charge in [-0.1, -0.05) is 23.2 Å². The van der Waals surface area contributed by atoms with Gasteiger partial charge in [0.2, 0.25) is 0 Å². The van der Waals surface area contributed by atoms with Crippen LogP contribution in [0.4, 0.5) is 0 Å². The number of ether oxygens (including phenoxy) is 1. The van der Waals surface area contributed by atoms with Gasteiger partial charge in [0.25, 0.3) is 11.9 Å². The molecule has 0 N–H and O–H groups in total. The number of nitrogens with zero attached hydrogens (tertiary/aromatic N) is 1. The Bertz CT molecular complexity index is 587. The Hall–Kier alpha value is -1.65. The Balaban J connectivity index is 2.18. The SMILES string of the molecule is CN(C)C(=O)c1ccc(Oc2cc(Cl)cc(Cl)c2)o1. The highest BCUT2D eigenvalue weighted by Crippen LogP contribution is 2.29. The first kappa shape index (κ1) is 13.8. The molecular formula is C13H11Cl2NO3. The van der Waals surface area contributed by atoms with Crippen molar-refractivity contribution in [1.82, 2.24) is 4.90 Å². The maximum Gasteiger partial charge on any atom is 0.290 e. The van der Waals surface area contributed by atoms with Crippen molar-refractivity contribution in [1.29, 1.82) is 0 Å². The molecule has 1 aromatic carbocycles. The molecule has 100 valence electrons. The van der Waals surface area contributed by atoms with Crippen LogP contribution in [0.15, 0.2) is 34.7 Å². The van der Waals surface area contributed by atoms with Crippen molar-refractivity contribution in [3.8, 4) is 11.7 Å². The molecule has 4 nitrogen and oxygen atoms in total. The van der Waals surface area contributed by atoms with E-state index in [-0.39, 0.29) is 17.6 Å². The van der Waals surface area contributed by atoms with Crippen molar-refractivity contribution in [3.05, 3.63) is 46.1 Å². The average molecular weight is 300 g/mol. The zero-order valence-corrected chi connectivity index (χ0v) is 11.8. The largest absolute Gasteiger partial charge is 0.426 e. The summed E-state index contributed by atoms with van der Waals surface area (Å²) < 4.78 is 10.7. The van der Waals surface area contributed by atoms with Gasteiger partial charge in [0.1, 0.15) is 5.75 Å². The van der Waals surface area contributed by atoms with Gasteiger partial charge in [-0.2, -0.15) is 0 Å². The highest BCUT2D eigenvalue weighted by Gasteiger charge is 2.14. The number of carbonyl (C=O) groups is 1. The van der Waals surface area contributed by atoms with E-state index in [9.17, 15) is 4.79 Å². The molecule has 6 heteroatoms. The van der Waals surface area contributed by atoms with Gasteiger partial charge in [-0.05, 0) is 24.3 Å². The van der Waals surface area contributed by atoms with Gasteiger partial charge in [-0.3, -0.25) is 4.79 Å². The third-order valence-electron chi connectivity index (χ3n) is 2.25. The molecule has 1 heterocycles. The topological polar surface area (TPSA) is 42.7 Å². The second kappa shape index (κ2) is 5.55. The van der Waals surface area contributed by atoms with Crippen LogP contribution in [0.25, 0.3) is 0 Å². The smallest absolute Gasteiger partial charge is 0.290 e. The summed E-state index contributed by atoms with van der Waals surface area (Å²) in [5.41, 5.74) is 0. The van der Waals surface area contributed by atoms with Gasteiger partial charge in [0.15, 0.2) is 5.76 Å². The first-order valence-electron chi connectivity index (χ1n) is 5.41. The fourth-order valence-corrected chi connectivity index (χ4v) is 1.92. The van der Waals surface area contributed by atoms with E-state index in [1.807, 2.05) is 0 Å². The molecule has 1 amide bonds. The number of carbonyl (C=O) groups excluding carboxylic acids is 1. The predicted octanol–water partition coefficient (Wildman–Crippen LogP) is 4.08. The van der Waals surface area contributed by atoms with Gasteiger partial charge in [-0.25, -0.2) is 0 Å². The lowest BCUT2D eigenvalue weighted by molar-refractivity contribution is 0.0791. The maximum atomic E-state index is 11.7. The van der Waals surface area contributed by atoms with E-state index < -0.39 is 0 Å². The Labute approximate surface area is 120 Å². The van der Waals surface area contributed by atoms with E-state index in [1.54, 1.807) is 44.4 Å². The summed E-state index contributed by atoms with van der Waals surface area (Å²) in [6.07, 6.45) is 0. The standard InChI is InChI=1S/C13H11Cl2NO3/c1-16(2)13(17)11-3-4-12(19-11)18-10-6-8(14)5-9(15)7-10/h3-7H,1-2H3. The normalized spacial score (nSPS) is 10.3. The van der Waals surface area contributed by atoms with E-state index in [1.165, 1.54) is 4.90 Å². The Morgan fingerprint density at radius 1 is 1.16 bits per heavy atom. The number of halogens is 2. The molecule has 0 aliphatic rings. The van der Waals surface area contributed by atoms with E-state index in [0.717, 1.165) is 0 Å². The first-order chi connectivity index (χ1) is 8.95. The summed E-state index contributed by atoms with van der Waals surface area (Å²) in [6, 6.07) is 7.90. The lowest BCUT2D eigenvalue weighted by Crippen LogP contribution is -2.20. The highest BCUT2D eigenvalue weighted by molar-refractivity contribution is 6.34. The van der Waals surface area contributed by atoms with Crippen LogP contribution < -0.4 is 4.74 Å². The van der Waals surface area contributed by atoms with Crippen LogP contribution in [-0.4, -0.2) is 24.9 Å². The molecule has 0 saturated heterocycles. The van der Waals surface area contributed by atoms with Gasteiger partial charge >= 0.3 is 0 Å². The summed E-state index contributed by atoms with van der Waals surface area (Å²) in [6.45, 7) is 0. The fraction of sp³-hybridized carbons (Fsp3) is 0.154. The van der Waals surface area contributed by atoms with Crippen molar-refractivity contribution in [2.45, 2.75) is 0 Å². The predicted molar refractivity (Wildman–Crippen MR) is 73.3 cm³/mol. The van der Waals surface area contributed by atoms with Crippen LogP contribution in [0.5, 0.6) is 11.7 Å². The van der Waals surface area contributed by atoms with Crippen LogP contribution in [-0.2, 0) is 0 Å². The Morgan fingerprint density at radius 3 is 2.37 bits per heavy atom. The Morgan fingerprint density at radius 2 is 1.79 bits per heavy atom. The van der Waals surface area contributed by atoms with Gasteiger partial charge in [0.05, 0.1) is 0 Å². The van der Waals surface area contributed by atoms with Crippen molar-refractivity contribution in [2.75, 3.05) is 14.1 Å². The van der Waals surface area contributed by atoms with E-state index in [2.05, 4.69) is 0 Å². The summed E-state index contributed by atoms with van der Waals surface area (Å²) in [7, 11) is 3.28. The minimum Gasteiger partial charge on any atom is -0.426 e. The maximum absolute atomic E-state index is 11.7. The molecule has 2 aromatic rings. The molecule has 19 heavy (non-hydrogen) atoms. The number of amides is 1. The Kier molecular flexibility index (Phi) is 4.02. The zero-order valence-electron chi connectivity index (χ0n) is 10.3. The lowest BCUT2D eigenvalue weighted by Gasteiger charge is -2.07. The molecule has 0 radical (unpaired) electrons. The molecule has 0 spiro atoms. The molecule has 0 atom stereocenters. The monoisotopic (exact) mass is 299 g/mol. The second-order valence-electron chi connectivity index (χ2n) is 4.03. The van der Waals surface area contributed by atoms with Crippen molar-refractivity contribution >= 4 is 29.1 Å². The summed E-state index contributed by atoms with van der Waals surface area (Å²) in [5, 5.41) is 0.914. The number of hydrogen-bond donors (Lipinski definition) is 0. The average Bonchev–Trinajstić information content (AvgIpc) is 2.74. The molecule has 0 unspecified atom stereocenters. The summed E-state index contributed by atoms with van der Waals surface area (Å²) in [4.78, 5) is 13.1. The summed E-state index contributed by atoms with van der Waals surface area (Å²) >= 11 is 11.7. The third-order valence-corrected chi connectivity index (χ3v) is 2.69. The van der Waals surface area contributed by atoms with Crippen LogP contribution in [0, 0.1) is 0 Å². The minimum absolute atomic E-state index is 0.198. The highest BCUT2D eigenvalue weighted by atomic mass is 35.5. The second-order valence-corrected chi connectivity index (χ2v) is 4.90. The van der Waals surface area contributed by atoms with Gasteiger partial charge in [-0.15, -0.1) is 0 Å². The lowest BCUT2D eigenvalue weighted by atomic mass is 10.3. The molecule has 0 fully saturated rings. The minimum atomic E-state index is -0.237. The number of rotatable bonds is 3. The molecule has 0 aliphatic carbocycles. The van der Waals surface area contributed by atoms with Crippen LogP contribution >= 0.6 is 23.2 Å². The van der Waals surface area contributed by atoms with Crippen LogP contribution in [0.2, 0.25) is 10.0 Å². The van der Waals surface area contributed by atoms with Gasteiger partial charge < -0.3 is 14.1 Å². The molecule has 2 rings (SSSR count). The van der Waals surface area contributed by atoms with E-state index in [0.29, 0.717) is 15.8 Å². The molecule has 0 bridgehead atoms. The first-order valence-corrected chi connectivity index (χ1v) is 6.17. The molecule has 0 aliphatic heterocycles. The quantitative estimate of drug-likeness (QED) is 0.857. The molecule has 0 saturated carbocycles. The van der Waals surface area contributed by atoms with E-state index >= 15 is 0 Å². The van der Waals surface area contributed by atoms with E-state index in [4.69, 9.17) is 32.4 Å². The number of furan rings is 1. The third kappa shape index (κ3) is 3.43. The van der Waals surface area contributed by atoms with Crippen molar-refractivity contribution in [3.63, 3.8) is 0 Å². The number of benzene rings is 1. The van der Waals surface area contributed by atoms with Crippen LogP contribution in [0.1, 0.15) is 10.6 Å². The molecule has 1 aromatic heterocycles. The van der Waals surface area contributed by atoms with Crippen molar-refractivity contribution < 1.29 is 13.9 Å². The van der Waals surface area contributed by atoms with Crippen LogP contribution in [0.3, 0.4) is 0 Å².